The number of amides is 2. The number of benzene rings is 1. The lowest BCUT2D eigenvalue weighted by Gasteiger charge is -2.56. The third kappa shape index (κ3) is 4.86. The molecule has 1 aromatic carbocycles. The van der Waals surface area contributed by atoms with Crippen LogP contribution in [0.15, 0.2) is 53.1 Å². The zero-order chi connectivity index (χ0) is 23.6. The van der Waals surface area contributed by atoms with Crippen LogP contribution in [0.3, 0.4) is 0 Å². The molecular formula is C27H36N2O4. The maximum Gasteiger partial charge on any atom is 0.251 e. The van der Waals surface area contributed by atoms with Crippen molar-refractivity contribution in [1.29, 1.82) is 0 Å². The Morgan fingerprint density at radius 2 is 1.88 bits per heavy atom. The Labute approximate surface area is 196 Å². The fourth-order valence-electron chi connectivity index (χ4n) is 6.28. The van der Waals surface area contributed by atoms with Gasteiger partial charge in [-0.05, 0) is 73.1 Å². The Kier molecular flexibility index (Phi) is 6.94. The number of aliphatic hydroxyl groups excluding tert-OH is 1. The molecule has 0 radical (unpaired) electrons. The third-order valence-electron chi connectivity index (χ3n) is 8.31. The van der Waals surface area contributed by atoms with Gasteiger partial charge in [0.05, 0.1) is 18.9 Å². The van der Waals surface area contributed by atoms with E-state index in [2.05, 4.69) is 24.5 Å². The van der Waals surface area contributed by atoms with Crippen molar-refractivity contribution in [3.8, 4) is 0 Å². The van der Waals surface area contributed by atoms with Crippen LogP contribution in [-0.2, 0) is 11.3 Å². The Bertz CT molecular complexity index is 944. The Balaban J connectivity index is 1.43. The van der Waals surface area contributed by atoms with Crippen molar-refractivity contribution in [2.24, 2.45) is 29.1 Å². The fourth-order valence-corrected chi connectivity index (χ4v) is 6.28. The molecule has 1 aromatic heterocycles. The van der Waals surface area contributed by atoms with Gasteiger partial charge in [-0.3, -0.25) is 9.59 Å². The van der Waals surface area contributed by atoms with Gasteiger partial charge >= 0.3 is 0 Å². The van der Waals surface area contributed by atoms with Crippen LogP contribution >= 0.6 is 0 Å². The lowest BCUT2D eigenvalue weighted by molar-refractivity contribution is -0.142. The first-order valence-electron chi connectivity index (χ1n) is 12.1. The minimum absolute atomic E-state index is 0.00673. The number of hydrogen-bond donors (Lipinski definition) is 3. The van der Waals surface area contributed by atoms with E-state index in [9.17, 15) is 14.7 Å². The minimum Gasteiger partial charge on any atom is -0.467 e. The van der Waals surface area contributed by atoms with Gasteiger partial charge in [-0.2, -0.15) is 0 Å². The summed E-state index contributed by atoms with van der Waals surface area (Å²) in [4.78, 5) is 25.6. The molecule has 4 rings (SSSR count). The van der Waals surface area contributed by atoms with Gasteiger partial charge in [0.25, 0.3) is 5.91 Å². The first-order valence-corrected chi connectivity index (χ1v) is 12.1. The van der Waals surface area contributed by atoms with Crippen LogP contribution in [0.1, 0.15) is 62.6 Å². The van der Waals surface area contributed by atoms with E-state index < -0.39 is 6.10 Å². The largest absolute Gasteiger partial charge is 0.467 e. The summed E-state index contributed by atoms with van der Waals surface area (Å²) in [6.07, 6.45) is 4.69. The van der Waals surface area contributed by atoms with Crippen molar-refractivity contribution in [3.63, 3.8) is 0 Å². The van der Waals surface area contributed by atoms with Gasteiger partial charge in [-0.15, -0.1) is 0 Å². The van der Waals surface area contributed by atoms with E-state index in [-0.39, 0.29) is 46.9 Å². The molecule has 6 nitrogen and oxygen atoms in total. The van der Waals surface area contributed by atoms with E-state index in [0.717, 1.165) is 25.7 Å². The zero-order valence-electron chi connectivity index (χ0n) is 19.8. The first-order chi connectivity index (χ1) is 15.8. The second-order valence-corrected chi connectivity index (χ2v) is 10.3. The number of hydrogen-bond acceptors (Lipinski definition) is 4. The van der Waals surface area contributed by atoms with Crippen LogP contribution in [0, 0.1) is 29.1 Å². The summed E-state index contributed by atoms with van der Waals surface area (Å²) in [5, 5.41) is 17.7. The Morgan fingerprint density at radius 3 is 2.58 bits per heavy atom. The van der Waals surface area contributed by atoms with Crippen LogP contribution in [0.5, 0.6) is 0 Å². The van der Waals surface area contributed by atoms with Crippen molar-refractivity contribution >= 4 is 11.8 Å². The first kappa shape index (κ1) is 23.6. The van der Waals surface area contributed by atoms with E-state index in [1.165, 1.54) is 0 Å². The fraction of sp³-hybridized carbons (Fsp3) is 0.556. The number of carbonyl (C=O) groups is 2. The van der Waals surface area contributed by atoms with Crippen LogP contribution in [0.2, 0.25) is 0 Å². The van der Waals surface area contributed by atoms with Crippen LogP contribution < -0.4 is 10.6 Å². The van der Waals surface area contributed by atoms with E-state index in [1.54, 1.807) is 12.3 Å². The third-order valence-corrected chi connectivity index (χ3v) is 8.31. The summed E-state index contributed by atoms with van der Waals surface area (Å²) in [6.45, 7) is 6.68. The van der Waals surface area contributed by atoms with Gasteiger partial charge in [-0.1, -0.05) is 39.0 Å². The molecule has 1 heterocycles. The van der Waals surface area contributed by atoms with Crippen LogP contribution in [0.4, 0.5) is 0 Å². The monoisotopic (exact) mass is 452 g/mol. The molecule has 2 fully saturated rings. The van der Waals surface area contributed by atoms with Gasteiger partial charge in [-0.25, -0.2) is 0 Å². The SMILES string of the molecule is C[C@@H]1[C@@H]2[C@@H](O)[C@@H]([C@H](C)C(=O)NCc3ccco3)CC[C@]2(C)CC[C@@H]1NC(=O)c1ccccc1. The number of rotatable bonds is 6. The van der Waals surface area contributed by atoms with Crippen molar-refractivity contribution in [2.45, 2.75) is 65.1 Å². The van der Waals surface area contributed by atoms with Crippen molar-refractivity contribution in [3.05, 3.63) is 60.1 Å². The molecule has 0 saturated heterocycles. The number of furan rings is 1. The summed E-state index contributed by atoms with van der Waals surface area (Å²) in [7, 11) is 0. The summed E-state index contributed by atoms with van der Waals surface area (Å²) in [5.41, 5.74) is 0.676. The quantitative estimate of drug-likeness (QED) is 0.614. The predicted octanol–water partition coefficient (Wildman–Crippen LogP) is 4.15. The molecule has 2 aliphatic carbocycles. The Hall–Kier alpha value is -2.60. The standard InChI is InChI=1S/C27H36N2O4/c1-17(25(31)28-16-20-10-7-15-33-20)21-11-13-27(3)14-12-22(18(2)23(27)24(21)30)29-26(32)19-8-5-4-6-9-19/h4-10,15,17-18,21-24,30H,11-14,16H2,1-3H3,(H,28,31)(H,29,32)/t17-,18-,21+,22-,23+,24-,27+/m0/s1. The molecule has 2 aliphatic rings. The molecule has 2 amide bonds. The maximum atomic E-state index is 12.9. The van der Waals surface area contributed by atoms with E-state index >= 15 is 0 Å². The van der Waals surface area contributed by atoms with Crippen LogP contribution in [-0.4, -0.2) is 29.1 Å². The normalized spacial score (nSPS) is 32.4. The highest BCUT2D eigenvalue weighted by molar-refractivity contribution is 5.94. The highest BCUT2D eigenvalue weighted by atomic mass is 16.3. The van der Waals surface area contributed by atoms with E-state index in [4.69, 9.17) is 4.42 Å². The topological polar surface area (TPSA) is 91.6 Å². The van der Waals surface area contributed by atoms with Crippen molar-refractivity contribution in [2.75, 3.05) is 0 Å². The molecule has 178 valence electrons. The molecule has 6 heteroatoms. The highest BCUT2D eigenvalue weighted by Gasteiger charge is 2.53. The lowest BCUT2D eigenvalue weighted by Crippen LogP contribution is -2.58. The van der Waals surface area contributed by atoms with Gasteiger partial charge in [0.2, 0.25) is 5.91 Å². The van der Waals surface area contributed by atoms with Crippen molar-refractivity contribution in [1.82, 2.24) is 10.6 Å². The number of nitrogens with one attached hydrogen (secondary N) is 2. The molecule has 0 unspecified atom stereocenters. The average Bonchev–Trinajstić information content (AvgIpc) is 3.33. The second-order valence-electron chi connectivity index (χ2n) is 10.3. The molecule has 0 aliphatic heterocycles. The molecule has 0 spiro atoms. The number of aliphatic hydroxyl groups is 1. The van der Waals surface area contributed by atoms with E-state index in [1.807, 2.05) is 43.3 Å². The Morgan fingerprint density at radius 1 is 1.15 bits per heavy atom. The van der Waals surface area contributed by atoms with Gasteiger partial charge in [0.15, 0.2) is 0 Å². The molecule has 33 heavy (non-hydrogen) atoms. The lowest BCUT2D eigenvalue weighted by atomic mass is 9.51. The zero-order valence-corrected chi connectivity index (χ0v) is 19.8. The predicted molar refractivity (Wildman–Crippen MR) is 126 cm³/mol. The molecule has 3 N–H and O–H groups in total. The molecular weight excluding hydrogens is 416 g/mol. The summed E-state index contributed by atoms with van der Waals surface area (Å²) in [6, 6.07) is 12.9. The minimum atomic E-state index is -0.584. The molecule has 7 atom stereocenters. The summed E-state index contributed by atoms with van der Waals surface area (Å²) in [5.74, 6) is 0.334. The smallest absolute Gasteiger partial charge is 0.251 e. The van der Waals surface area contributed by atoms with Gasteiger partial charge in [0.1, 0.15) is 5.76 Å². The van der Waals surface area contributed by atoms with Gasteiger partial charge < -0.3 is 20.2 Å². The van der Waals surface area contributed by atoms with Crippen molar-refractivity contribution < 1.29 is 19.1 Å². The van der Waals surface area contributed by atoms with E-state index in [0.29, 0.717) is 17.9 Å². The summed E-state index contributed by atoms with van der Waals surface area (Å²) < 4.78 is 5.31. The highest BCUT2D eigenvalue weighted by Crippen LogP contribution is 2.55. The maximum absolute atomic E-state index is 12.9. The number of carbonyl (C=O) groups excluding carboxylic acids is 2. The molecule has 2 aromatic rings. The summed E-state index contributed by atoms with van der Waals surface area (Å²) >= 11 is 0. The van der Waals surface area contributed by atoms with Crippen LogP contribution in [0.25, 0.3) is 0 Å². The number of fused-ring (bicyclic) bond motifs is 1. The van der Waals surface area contributed by atoms with Gasteiger partial charge in [0, 0.05) is 17.5 Å². The second kappa shape index (κ2) is 9.72. The molecule has 2 saturated carbocycles. The average molecular weight is 453 g/mol. The molecule has 0 bridgehead atoms.